The third kappa shape index (κ3) is 2.68. The molecule has 0 spiro atoms. The van der Waals surface area contributed by atoms with Gasteiger partial charge in [0.25, 0.3) is 0 Å². The lowest BCUT2D eigenvalue weighted by atomic mass is 10.1. The number of nitrogens with two attached hydrogens (primary N) is 1. The van der Waals surface area contributed by atoms with Crippen LogP contribution in [0.15, 0.2) is 24.4 Å². The van der Waals surface area contributed by atoms with Crippen molar-refractivity contribution in [3.8, 4) is 0 Å². The molecular formula is C12H16N4S. The largest absolute Gasteiger partial charge is 0.389 e. The fourth-order valence-corrected chi connectivity index (χ4v) is 2.24. The first-order valence-corrected chi connectivity index (χ1v) is 6.14. The number of nitrogens with zero attached hydrogens (tertiary/aromatic N) is 2. The first-order valence-electron chi connectivity index (χ1n) is 5.32. The van der Waals surface area contributed by atoms with Gasteiger partial charge in [-0.15, -0.1) is 0 Å². The minimum atomic E-state index is 0.715. The highest BCUT2D eigenvalue weighted by Crippen LogP contribution is 2.27. The Hall–Kier alpha value is -1.75. The number of nitrogen functional groups attached to an aromatic ring is 1. The minimum absolute atomic E-state index is 0.715. The van der Waals surface area contributed by atoms with E-state index in [0.29, 0.717) is 5.00 Å². The third-order valence-electron chi connectivity index (χ3n) is 2.47. The minimum Gasteiger partial charge on any atom is -0.389 e. The molecule has 0 saturated heterocycles. The molecule has 1 heterocycles. The van der Waals surface area contributed by atoms with E-state index in [2.05, 4.69) is 34.3 Å². The number of aromatic nitrogens is 1. The van der Waals surface area contributed by atoms with E-state index in [4.69, 9.17) is 5.73 Å². The molecule has 0 aliphatic rings. The van der Waals surface area contributed by atoms with Crippen LogP contribution in [0.4, 0.5) is 21.5 Å². The molecule has 0 aliphatic carbocycles. The SMILES string of the molecule is Cc1ccc(Nc2ncc(N)s2)cc1N(C)C. The Kier molecular flexibility index (Phi) is 3.19. The predicted molar refractivity (Wildman–Crippen MR) is 75.3 cm³/mol. The number of hydrogen-bond acceptors (Lipinski definition) is 5. The van der Waals surface area contributed by atoms with Gasteiger partial charge in [0, 0.05) is 25.5 Å². The topological polar surface area (TPSA) is 54.2 Å². The van der Waals surface area contributed by atoms with Crippen molar-refractivity contribution in [3.63, 3.8) is 0 Å². The number of aryl methyl sites for hydroxylation is 1. The van der Waals surface area contributed by atoms with Crippen LogP contribution in [0, 0.1) is 6.92 Å². The summed E-state index contributed by atoms with van der Waals surface area (Å²) in [7, 11) is 4.07. The molecule has 4 nitrogen and oxygen atoms in total. The van der Waals surface area contributed by atoms with Crippen LogP contribution in [0.5, 0.6) is 0 Å². The molecule has 0 radical (unpaired) electrons. The van der Waals surface area contributed by atoms with Crippen LogP contribution in [-0.4, -0.2) is 19.1 Å². The van der Waals surface area contributed by atoms with E-state index >= 15 is 0 Å². The molecule has 0 saturated carbocycles. The van der Waals surface area contributed by atoms with E-state index in [1.54, 1.807) is 6.20 Å². The van der Waals surface area contributed by atoms with Gasteiger partial charge < -0.3 is 16.0 Å². The highest BCUT2D eigenvalue weighted by Gasteiger charge is 2.04. The second-order valence-corrected chi connectivity index (χ2v) is 5.15. The zero-order valence-corrected chi connectivity index (χ0v) is 11.0. The fraction of sp³-hybridized carbons (Fsp3) is 0.250. The van der Waals surface area contributed by atoms with Gasteiger partial charge in [-0.3, -0.25) is 0 Å². The molecule has 0 bridgehead atoms. The molecule has 2 aromatic rings. The van der Waals surface area contributed by atoms with Crippen molar-refractivity contribution >= 4 is 32.8 Å². The molecule has 0 atom stereocenters. The van der Waals surface area contributed by atoms with Crippen molar-refractivity contribution in [1.29, 1.82) is 0 Å². The summed E-state index contributed by atoms with van der Waals surface area (Å²) in [4.78, 5) is 6.27. The molecule has 17 heavy (non-hydrogen) atoms. The van der Waals surface area contributed by atoms with E-state index in [-0.39, 0.29) is 0 Å². The van der Waals surface area contributed by atoms with Crippen LogP contribution in [0.3, 0.4) is 0 Å². The summed E-state index contributed by atoms with van der Waals surface area (Å²) in [5, 5.41) is 4.78. The summed E-state index contributed by atoms with van der Waals surface area (Å²) in [5.74, 6) is 0. The van der Waals surface area contributed by atoms with E-state index < -0.39 is 0 Å². The van der Waals surface area contributed by atoms with Gasteiger partial charge in [-0.05, 0) is 24.6 Å². The Morgan fingerprint density at radius 3 is 2.71 bits per heavy atom. The van der Waals surface area contributed by atoms with Crippen LogP contribution in [0.1, 0.15) is 5.56 Å². The number of rotatable bonds is 3. The van der Waals surface area contributed by atoms with Gasteiger partial charge in [0.1, 0.15) is 5.00 Å². The Balaban J connectivity index is 2.25. The summed E-state index contributed by atoms with van der Waals surface area (Å²) < 4.78 is 0. The van der Waals surface area contributed by atoms with E-state index in [1.807, 2.05) is 20.2 Å². The molecule has 0 fully saturated rings. The monoisotopic (exact) mass is 248 g/mol. The molecule has 2 rings (SSSR count). The average molecular weight is 248 g/mol. The van der Waals surface area contributed by atoms with Gasteiger partial charge >= 0.3 is 0 Å². The van der Waals surface area contributed by atoms with E-state index in [1.165, 1.54) is 22.6 Å². The third-order valence-corrected chi connectivity index (χ3v) is 3.21. The van der Waals surface area contributed by atoms with Crippen LogP contribution in [-0.2, 0) is 0 Å². The molecule has 90 valence electrons. The van der Waals surface area contributed by atoms with Crippen LogP contribution >= 0.6 is 11.3 Å². The Labute approximate surface area is 105 Å². The fourth-order valence-electron chi connectivity index (χ4n) is 1.64. The molecular weight excluding hydrogens is 232 g/mol. The standard InChI is InChI=1S/C12H16N4S/c1-8-4-5-9(6-10(8)16(2)3)15-12-14-7-11(13)17-12/h4-7H,13H2,1-3H3,(H,14,15). The van der Waals surface area contributed by atoms with Gasteiger partial charge in [0.2, 0.25) is 0 Å². The molecule has 1 aromatic heterocycles. The van der Waals surface area contributed by atoms with Crippen LogP contribution < -0.4 is 16.0 Å². The maximum Gasteiger partial charge on any atom is 0.189 e. The maximum absolute atomic E-state index is 5.64. The van der Waals surface area contributed by atoms with Crippen LogP contribution in [0.2, 0.25) is 0 Å². The molecule has 0 amide bonds. The Bertz CT molecular complexity index is 519. The number of benzene rings is 1. The maximum atomic E-state index is 5.64. The number of hydrogen-bond donors (Lipinski definition) is 2. The van der Waals surface area contributed by atoms with Crippen molar-refractivity contribution in [3.05, 3.63) is 30.0 Å². The summed E-state index contributed by atoms with van der Waals surface area (Å²) >= 11 is 1.44. The van der Waals surface area contributed by atoms with Crippen molar-refractivity contribution in [2.45, 2.75) is 6.92 Å². The van der Waals surface area contributed by atoms with Crippen molar-refractivity contribution in [2.75, 3.05) is 30.0 Å². The highest BCUT2D eigenvalue weighted by atomic mass is 32.1. The van der Waals surface area contributed by atoms with Gasteiger partial charge in [-0.1, -0.05) is 17.4 Å². The Morgan fingerprint density at radius 1 is 1.35 bits per heavy atom. The van der Waals surface area contributed by atoms with Crippen molar-refractivity contribution in [2.24, 2.45) is 0 Å². The van der Waals surface area contributed by atoms with Gasteiger partial charge in [0.15, 0.2) is 5.13 Å². The van der Waals surface area contributed by atoms with Crippen LogP contribution in [0.25, 0.3) is 0 Å². The molecule has 0 aliphatic heterocycles. The molecule has 1 aromatic carbocycles. The average Bonchev–Trinajstić information content (AvgIpc) is 2.66. The van der Waals surface area contributed by atoms with Gasteiger partial charge in [0.05, 0.1) is 6.20 Å². The second kappa shape index (κ2) is 4.63. The number of thiazole rings is 1. The van der Waals surface area contributed by atoms with Gasteiger partial charge in [-0.2, -0.15) is 0 Å². The smallest absolute Gasteiger partial charge is 0.189 e. The summed E-state index contributed by atoms with van der Waals surface area (Å²) in [6.07, 6.45) is 1.66. The van der Waals surface area contributed by atoms with Crippen molar-refractivity contribution < 1.29 is 0 Å². The molecule has 0 unspecified atom stereocenters. The van der Waals surface area contributed by atoms with E-state index in [9.17, 15) is 0 Å². The first kappa shape index (κ1) is 11.7. The van der Waals surface area contributed by atoms with E-state index in [0.717, 1.165) is 10.8 Å². The summed E-state index contributed by atoms with van der Waals surface area (Å²) in [5.41, 5.74) is 9.11. The second-order valence-electron chi connectivity index (χ2n) is 4.09. The lowest BCUT2D eigenvalue weighted by Crippen LogP contribution is -2.10. The first-order chi connectivity index (χ1) is 8.06. The zero-order valence-electron chi connectivity index (χ0n) is 10.2. The summed E-state index contributed by atoms with van der Waals surface area (Å²) in [6.45, 7) is 2.10. The van der Waals surface area contributed by atoms with Gasteiger partial charge in [-0.25, -0.2) is 4.98 Å². The zero-order chi connectivity index (χ0) is 12.4. The molecule has 3 N–H and O–H groups in total. The number of nitrogens with one attached hydrogen (secondary N) is 1. The van der Waals surface area contributed by atoms with Crippen molar-refractivity contribution in [1.82, 2.24) is 4.98 Å². The molecule has 5 heteroatoms. The lowest BCUT2D eigenvalue weighted by molar-refractivity contribution is 1.11. The Morgan fingerprint density at radius 2 is 2.12 bits per heavy atom. The normalized spacial score (nSPS) is 10.3. The number of anilines is 4. The quantitative estimate of drug-likeness (QED) is 0.877. The highest BCUT2D eigenvalue weighted by molar-refractivity contribution is 7.19. The lowest BCUT2D eigenvalue weighted by Gasteiger charge is -2.16. The predicted octanol–water partition coefficient (Wildman–Crippen LogP) is 2.84. The summed E-state index contributed by atoms with van der Waals surface area (Å²) in [6, 6.07) is 6.24.